The van der Waals surface area contributed by atoms with Gasteiger partial charge in [-0.25, -0.2) is 0 Å². The van der Waals surface area contributed by atoms with E-state index in [1.807, 2.05) is 12.1 Å². The number of carboxylic acids is 1. The predicted octanol–water partition coefficient (Wildman–Crippen LogP) is 4.07. The van der Waals surface area contributed by atoms with E-state index in [4.69, 9.17) is 0 Å². The normalized spacial score (nSPS) is 22.3. The molecule has 1 atom stereocenters. The maximum absolute atomic E-state index is 11.9. The lowest BCUT2D eigenvalue weighted by Crippen LogP contribution is -2.38. The first-order chi connectivity index (χ1) is 9.11. The zero-order valence-corrected chi connectivity index (χ0v) is 12.0. The highest BCUT2D eigenvalue weighted by Gasteiger charge is 2.42. The Labute approximate surface area is 115 Å². The highest BCUT2D eigenvalue weighted by atomic mass is 16.4. The van der Waals surface area contributed by atoms with Crippen LogP contribution in [0.4, 0.5) is 0 Å². The summed E-state index contributed by atoms with van der Waals surface area (Å²) in [5.41, 5.74) is 2.04. The van der Waals surface area contributed by atoms with E-state index in [-0.39, 0.29) is 0 Å². The van der Waals surface area contributed by atoms with Gasteiger partial charge in [-0.15, -0.1) is 0 Å². The summed E-state index contributed by atoms with van der Waals surface area (Å²) in [6, 6.07) is 8.30. The fourth-order valence-corrected chi connectivity index (χ4v) is 3.37. The van der Waals surface area contributed by atoms with Crippen molar-refractivity contribution in [1.82, 2.24) is 0 Å². The Bertz CT molecular complexity index is 448. The van der Waals surface area contributed by atoms with E-state index in [0.717, 1.165) is 32.1 Å². The lowest BCUT2D eigenvalue weighted by molar-refractivity contribution is -0.151. The Hall–Kier alpha value is -1.31. The van der Waals surface area contributed by atoms with E-state index in [2.05, 4.69) is 26.0 Å². The van der Waals surface area contributed by atoms with Crippen LogP contribution in [0.3, 0.4) is 0 Å². The largest absolute Gasteiger partial charge is 0.481 e. The van der Waals surface area contributed by atoms with Gasteiger partial charge in [0.15, 0.2) is 0 Å². The molecular weight excluding hydrogens is 236 g/mol. The van der Waals surface area contributed by atoms with Gasteiger partial charge in [-0.1, -0.05) is 51.0 Å². The quantitative estimate of drug-likeness (QED) is 0.866. The summed E-state index contributed by atoms with van der Waals surface area (Å²) in [6.07, 6.45) is 5.37. The first-order valence-corrected chi connectivity index (χ1v) is 7.41. The fourth-order valence-electron chi connectivity index (χ4n) is 3.37. The Morgan fingerprint density at radius 3 is 2.47 bits per heavy atom. The molecule has 0 radical (unpaired) electrons. The highest BCUT2D eigenvalue weighted by Crippen LogP contribution is 2.42. The number of aliphatic carboxylic acids is 1. The molecule has 0 fully saturated rings. The van der Waals surface area contributed by atoms with Crippen LogP contribution in [-0.2, 0) is 17.6 Å². The molecule has 2 heteroatoms. The van der Waals surface area contributed by atoms with Gasteiger partial charge in [-0.2, -0.15) is 0 Å². The van der Waals surface area contributed by atoms with E-state index >= 15 is 0 Å². The molecule has 0 heterocycles. The molecule has 0 bridgehead atoms. The molecule has 1 aliphatic carbocycles. The molecule has 2 nitrogen and oxygen atoms in total. The van der Waals surface area contributed by atoms with E-state index in [1.54, 1.807) is 0 Å². The minimum absolute atomic E-state index is 0.529. The number of benzene rings is 1. The van der Waals surface area contributed by atoms with Crippen molar-refractivity contribution in [1.29, 1.82) is 0 Å². The summed E-state index contributed by atoms with van der Waals surface area (Å²) >= 11 is 0. The molecule has 1 aromatic rings. The molecule has 0 saturated heterocycles. The van der Waals surface area contributed by atoms with Crippen LogP contribution in [0.5, 0.6) is 0 Å². The molecule has 1 aliphatic rings. The molecule has 0 aromatic heterocycles. The van der Waals surface area contributed by atoms with E-state index in [9.17, 15) is 9.90 Å². The molecule has 1 N–H and O–H groups in total. The number of aryl methyl sites for hydroxylation is 1. The van der Waals surface area contributed by atoms with Gasteiger partial charge in [-0.3, -0.25) is 4.79 Å². The van der Waals surface area contributed by atoms with Gasteiger partial charge < -0.3 is 5.11 Å². The van der Waals surface area contributed by atoms with Crippen LogP contribution in [-0.4, -0.2) is 11.1 Å². The van der Waals surface area contributed by atoms with Gasteiger partial charge >= 0.3 is 5.97 Å². The van der Waals surface area contributed by atoms with Crippen LogP contribution >= 0.6 is 0 Å². The van der Waals surface area contributed by atoms with Gasteiger partial charge in [0, 0.05) is 0 Å². The predicted molar refractivity (Wildman–Crippen MR) is 77.2 cm³/mol. The molecule has 0 amide bonds. The van der Waals surface area contributed by atoms with E-state index < -0.39 is 11.4 Å². The van der Waals surface area contributed by atoms with Crippen molar-refractivity contribution < 1.29 is 9.90 Å². The first-order valence-electron chi connectivity index (χ1n) is 7.41. The molecule has 1 aromatic carbocycles. The van der Waals surface area contributed by atoms with Crippen LogP contribution in [0.15, 0.2) is 24.3 Å². The third-order valence-corrected chi connectivity index (χ3v) is 4.81. The Kier molecular flexibility index (Phi) is 4.28. The minimum atomic E-state index is -0.603. The van der Waals surface area contributed by atoms with Gasteiger partial charge in [0.25, 0.3) is 0 Å². The minimum Gasteiger partial charge on any atom is -0.481 e. The number of carbonyl (C=O) groups is 1. The molecule has 2 rings (SSSR count). The SMILES string of the molecule is CCC(CC)CC1(C(=O)O)CCc2ccccc2C1. The summed E-state index contributed by atoms with van der Waals surface area (Å²) in [7, 11) is 0. The number of hydrogen-bond acceptors (Lipinski definition) is 1. The summed E-state index contributed by atoms with van der Waals surface area (Å²) in [4.78, 5) is 11.9. The summed E-state index contributed by atoms with van der Waals surface area (Å²) < 4.78 is 0. The standard InChI is InChI=1S/C17H24O2/c1-3-13(4-2)11-17(16(18)19)10-9-14-7-5-6-8-15(14)12-17/h5-8,13H,3-4,9-12H2,1-2H3,(H,18,19). The Morgan fingerprint density at radius 1 is 1.26 bits per heavy atom. The second kappa shape index (κ2) is 5.77. The second-order valence-corrected chi connectivity index (χ2v) is 5.92. The van der Waals surface area contributed by atoms with Crippen molar-refractivity contribution in [3.63, 3.8) is 0 Å². The lowest BCUT2D eigenvalue weighted by Gasteiger charge is -2.37. The summed E-state index contributed by atoms with van der Waals surface area (Å²) in [5.74, 6) is -0.0738. The molecule has 1 unspecified atom stereocenters. The van der Waals surface area contributed by atoms with Crippen molar-refractivity contribution in [2.75, 3.05) is 0 Å². The number of carboxylic acid groups (broad SMARTS) is 1. The van der Waals surface area contributed by atoms with E-state index in [0.29, 0.717) is 12.3 Å². The summed E-state index contributed by atoms with van der Waals surface area (Å²) in [5, 5.41) is 9.75. The monoisotopic (exact) mass is 260 g/mol. The smallest absolute Gasteiger partial charge is 0.309 e. The van der Waals surface area contributed by atoms with Crippen LogP contribution in [0.25, 0.3) is 0 Å². The highest BCUT2D eigenvalue weighted by molar-refractivity contribution is 5.75. The third kappa shape index (κ3) is 2.83. The lowest BCUT2D eigenvalue weighted by atomic mass is 9.66. The molecule has 19 heavy (non-hydrogen) atoms. The average molecular weight is 260 g/mol. The maximum atomic E-state index is 11.9. The third-order valence-electron chi connectivity index (χ3n) is 4.81. The fraction of sp³-hybridized carbons (Fsp3) is 0.588. The second-order valence-electron chi connectivity index (χ2n) is 5.92. The van der Waals surface area contributed by atoms with Gasteiger partial charge in [-0.05, 0) is 42.7 Å². The first kappa shape index (κ1) is 14.1. The number of rotatable bonds is 5. The van der Waals surface area contributed by atoms with Gasteiger partial charge in [0.2, 0.25) is 0 Å². The number of fused-ring (bicyclic) bond motifs is 1. The van der Waals surface area contributed by atoms with Crippen LogP contribution in [0.2, 0.25) is 0 Å². The Balaban J connectivity index is 2.26. The molecule has 0 spiro atoms. The maximum Gasteiger partial charge on any atom is 0.309 e. The average Bonchev–Trinajstić information content (AvgIpc) is 2.44. The van der Waals surface area contributed by atoms with Gasteiger partial charge in [0.05, 0.1) is 5.41 Å². The molecule has 0 saturated carbocycles. The van der Waals surface area contributed by atoms with Crippen molar-refractivity contribution in [2.24, 2.45) is 11.3 Å². The van der Waals surface area contributed by atoms with Crippen molar-refractivity contribution >= 4 is 5.97 Å². The number of hydrogen-bond donors (Lipinski definition) is 1. The zero-order valence-electron chi connectivity index (χ0n) is 12.0. The summed E-state index contributed by atoms with van der Waals surface area (Å²) in [6.45, 7) is 4.33. The molecule has 0 aliphatic heterocycles. The van der Waals surface area contributed by atoms with E-state index in [1.165, 1.54) is 11.1 Å². The van der Waals surface area contributed by atoms with Crippen LogP contribution in [0, 0.1) is 11.3 Å². The molecular formula is C17H24O2. The zero-order chi connectivity index (χ0) is 13.9. The Morgan fingerprint density at radius 2 is 1.89 bits per heavy atom. The van der Waals surface area contributed by atoms with Crippen molar-refractivity contribution in [2.45, 2.75) is 52.4 Å². The van der Waals surface area contributed by atoms with Crippen molar-refractivity contribution in [3.05, 3.63) is 35.4 Å². The molecule has 104 valence electrons. The topological polar surface area (TPSA) is 37.3 Å². The van der Waals surface area contributed by atoms with Crippen LogP contribution < -0.4 is 0 Å². The van der Waals surface area contributed by atoms with Gasteiger partial charge in [0.1, 0.15) is 0 Å². The van der Waals surface area contributed by atoms with Crippen LogP contribution in [0.1, 0.15) is 50.7 Å². The van der Waals surface area contributed by atoms with Crippen molar-refractivity contribution in [3.8, 4) is 0 Å².